The molecule has 0 aromatic rings. The van der Waals surface area contributed by atoms with Crippen LogP contribution in [0.25, 0.3) is 0 Å². The van der Waals surface area contributed by atoms with E-state index in [4.69, 9.17) is 18.5 Å². The molecule has 358 valence electrons. The molecule has 2 atom stereocenters. The van der Waals surface area contributed by atoms with Gasteiger partial charge in [0.2, 0.25) is 0 Å². The van der Waals surface area contributed by atoms with Crippen molar-refractivity contribution in [1.82, 2.24) is 0 Å². The van der Waals surface area contributed by atoms with Crippen molar-refractivity contribution < 1.29 is 42.1 Å². The molecular formula is C50H101NO8P+. The summed E-state index contributed by atoms with van der Waals surface area (Å²) in [4.78, 5) is 35.5. The van der Waals surface area contributed by atoms with Crippen LogP contribution in [0.4, 0.5) is 0 Å². The first kappa shape index (κ1) is 59.0. The van der Waals surface area contributed by atoms with Crippen molar-refractivity contribution in [3.8, 4) is 0 Å². The van der Waals surface area contributed by atoms with Crippen molar-refractivity contribution in [1.29, 1.82) is 0 Å². The van der Waals surface area contributed by atoms with E-state index in [1.807, 2.05) is 21.1 Å². The molecule has 0 fully saturated rings. The van der Waals surface area contributed by atoms with Gasteiger partial charge < -0.3 is 18.9 Å². The van der Waals surface area contributed by atoms with E-state index >= 15 is 0 Å². The molecule has 0 rings (SSSR count). The molecule has 0 aromatic heterocycles. The number of likely N-dealkylation sites (N-methyl/N-ethyl adjacent to an activating group) is 1. The van der Waals surface area contributed by atoms with Crippen LogP contribution in [0.15, 0.2) is 0 Å². The molecule has 0 bridgehead atoms. The van der Waals surface area contributed by atoms with Crippen LogP contribution >= 0.6 is 7.82 Å². The maximum absolute atomic E-state index is 12.8. The fourth-order valence-corrected chi connectivity index (χ4v) is 8.35. The lowest BCUT2D eigenvalue weighted by molar-refractivity contribution is -0.870. The summed E-state index contributed by atoms with van der Waals surface area (Å²) in [6.07, 6.45) is 45.8. The summed E-state index contributed by atoms with van der Waals surface area (Å²) >= 11 is 0. The third-order valence-corrected chi connectivity index (χ3v) is 12.6. The van der Waals surface area contributed by atoms with Gasteiger partial charge in [0.15, 0.2) is 6.10 Å². The molecule has 60 heavy (non-hydrogen) atoms. The highest BCUT2D eigenvalue weighted by Gasteiger charge is 2.27. The molecule has 0 aromatic carbocycles. The largest absolute Gasteiger partial charge is 0.472 e. The molecule has 0 aliphatic carbocycles. The molecule has 10 heteroatoms. The topological polar surface area (TPSA) is 108 Å². The number of rotatable bonds is 48. The quantitative estimate of drug-likeness (QED) is 0.0279. The number of carbonyl (C=O) groups excluding carboxylic acids is 2. The summed E-state index contributed by atoms with van der Waals surface area (Å²) in [7, 11) is 1.50. The summed E-state index contributed by atoms with van der Waals surface area (Å²) in [5.74, 6) is -0.777. The second kappa shape index (κ2) is 43.3. The Labute approximate surface area is 372 Å². The Kier molecular flexibility index (Phi) is 42.6. The zero-order chi connectivity index (χ0) is 44.3. The molecule has 2 unspecified atom stereocenters. The van der Waals surface area contributed by atoms with E-state index in [0.29, 0.717) is 17.4 Å². The first-order valence-electron chi connectivity index (χ1n) is 25.8. The number of quaternary nitrogens is 1. The number of nitrogens with zero attached hydrogens (tertiary/aromatic N) is 1. The van der Waals surface area contributed by atoms with Crippen LogP contribution < -0.4 is 0 Å². The first-order chi connectivity index (χ1) is 29.0. The Morgan fingerprint density at radius 1 is 0.450 bits per heavy atom. The van der Waals surface area contributed by atoms with Gasteiger partial charge in [0.25, 0.3) is 0 Å². The van der Waals surface area contributed by atoms with E-state index in [-0.39, 0.29) is 25.6 Å². The first-order valence-corrected chi connectivity index (χ1v) is 27.3. The van der Waals surface area contributed by atoms with E-state index in [1.165, 1.54) is 193 Å². The predicted molar refractivity (Wildman–Crippen MR) is 252 cm³/mol. The number of phosphoric acid groups is 1. The smallest absolute Gasteiger partial charge is 0.462 e. The number of ether oxygens (including phenoxy) is 2. The van der Waals surface area contributed by atoms with Gasteiger partial charge in [-0.2, -0.15) is 0 Å². The number of unbranched alkanes of at least 4 members (excludes halogenated alkanes) is 34. The van der Waals surface area contributed by atoms with Crippen LogP contribution in [-0.4, -0.2) is 74.9 Å². The summed E-state index contributed by atoms with van der Waals surface area (Å²) in [6.45, 7) is 4.49. The number of hydrogen-bond donors (Lipinski definition) is 1. The molecule has 1 N–H and O–H groups in total. The summed E-state index contributed by atoms with van der Waals surface area (Å²) in [6, 6.07) is 0. The highest BCUT2D eigenvalue weighted by atomic mass is 31.2. The molecule has 0 amide bonds. The lowest BCUT2D eigenvalue weighted by Crippen LogP contribution is -2.37. The third-order valence-electron chi connectivity index (χ3n) is 11.6. The summed E-state index contributed by atoms with van der Waals surface area (Å²) in [5.41, 5.74) is 0. The van der Waals surface area contributed by atoms with Crippen LogP contribution in [0.2, 0.25) is 0 Å². The van der Waals surface area contributed by atoms with E-state index in [9.17, 15) is 19.0 Å². The SMILES string of the molecule is CCCCCCCCCCCCCCCCCCCCCC(=O)OC(COC(=O)CCCCCCCCCCCCCCCCCCC)COP(=O)(O)OCC[N+](C)(C)C. The normalized spacial score (nSPS) is 13.4. The fourth-order valence-electron chi connectivity index (χ4n) is 7.61. The average Bonchev–Trinajstić information content (AvgIpc) is 3.20. The highest BCUT2D eigenvalue weighted by Crippen LogP contribution is 2.43. The summed E-state index contributed by atoms with van der Waals surface area (Å²) in [5, 5.41) is 0. The summed E-state index contributed by atoms with van der Waals surface area (Å²) < 4.78 is 34.5. The molecule has 9 nitrogen and oxygen atoms in total. The zero-order valence-corrected chi connectivity index (χ0v) is 41.4. The van der Waals surface area contributed by atoms with Crippen molar-refractivity contribution in [2.45, 2.75) is 264 Å². The zero-order valence-electron chi connectivity index (χ0n) is 40.5. The number of esters is 2. The van der Waals surface area contributed by atoms with E-state index in [1.54, 1.807) is 0 Å². The van der Waals surface area contributed by atoms with Crippen molar-refractivity contribution in [2.24, 2.45) is 0 Å². The van der Waals surface area contributed by atoms with Gasteiger partial charge in [0, 0.05) is 12.8 Å². The Hall–Kier alpha value is -0.990. The molecule has 0 heterocycles. The molecule has 0 radical (unpaired) electrons. The van der Waals surface area contributed by atoms with Gasteiger partial charge in [-0.25, -0.2) is 4.57 Å². The molecule has 0 saturated heterocycles. The minimum atomic E-state index is -4.37. The van der Waals surface area contributed by atoms with Crippen LogP contribution in [0.1, 0.15) is 258 Å². The van der Waals surface area contributed by atoms with Gasteiger partial charge in [0.05, 0.1) is 27.7 Å². The Balaban J connectivity index is 4.20. The van der Waals surface area contributed by atoms with Gasteiger partial charge >= 0.3 is 19.8 Å². The van der Waals surface area contributed by atoms with Gasteiger partial charge in [-0.05, 0) is 12.8 Å². The number of phosphoric ester groups is 1. The molecular weight excluding hydrogens is 774 g/mol. The Morgan fingerprint density at radius 2 is 0.750 bits per heavy atom. The molecule has 0 spiro atoms. The lowest BCUT2D eigenvalue weighted by atomic mass is 10.0. The number of hydrogen-bond acceptors (Lipinski definition) is 7. The standard InChI is InChI=1S/C50H100NO8P/c1-6-8-10-12-14-16-18-20-22-24-25-27-29-31-33-35-37-39-41-43-50(53)59-48(47-58-60(54,55)57-45-44-51(3,4)5)46-56-49(52)42-40-38-36-34-32-30-28-26-23-21-19-17-15-13-11-9-7-2/h48H,6-47H2,1-5H3/p+1. The Bertz CT molecular complexity index is 990. The number of carbonyl (C=O) groups is 2. The van der Waals surface area contributed by atoms with E-state index in [0.717, 1.165) is 38.5 Å². The maximum Gasteiger partial charge on any atom is 0.472 e. The van der Waals surface area contributed by atoms with Crippen LogP contribution in [0.5, 0.6) is 0 Å². The van der Waals surface area contributed by atoms with Crippen LogP contribution in [0, 0.1) is 0 Å². The molecule has 0 aliphatic heterocycles. The van der Waals surface area contributed by atoms with Gasteiger partial charge in [-0.15, -0.1) is 0 Å². The maximum atomic E-state index is 12.8. The van der Waals surface area contributed by atoms with Gasteiger partial charge in [-0.1, -0.05) is 232 Å². The predicted octanol–water partition coefficient (Wildman–Crippen LogP) is 15.1. The van der Waals surface area contributed by atoms with Crippen molar-refractivity contribution in [3.63, 3.8) is 0 Å². The van der Waals surface area contributed by atoms with Crippen molar-refractivity contribution in [3.05, 3.63) is 0 Å². The fraction of sp³-hybridized carbons (Fsp3) is 0.960. The van der Waals surface area contributed by atoms with E-state index in [2.05, 4.69) is 13.8 Å². The Morgan fingerprint density at radius 3 is 1.07 bits per heavy atom. The van der Waals surface area contributed by atoms with E-state index < -0.39 is 26.5 Å². The van der Waals surface area contributed by atoms with Gasteiger partial charge in [-0.3, -0.25) is 18.6 Å². The lowest BCUT2D eigenvalue weighted by Gasteiger charge is -2.24. The van der Waals surface area contributed by atoms with Gasteiger partial charge in [0.1, 0.15) is 19.8 Å². The van der Waals surface area contributed by atoms with Crippen molar-refractivity contribution >= 4 is 19.8 Å². The second-order valence-corrected chi connectivity index (χ2v) is 20.4. The highest BCUT2D eigenvalue weighted by molar-refractivity contribution is 7.47. The average molecular weight is 875 g/mol. The minimum Gasteiger partial charge on any atom is -0.462 e. The molecule has 0 aliphatic rings. The van der Waals surface area contributed by atoms with Crippen LogP contribution in [0.3, 0.4) is 0 Å². The monoisotopic (exact) mass is 875 g/mol. The van der Waals surface area contributed by atoms with Crippen LogP contribution in [-0.2, 0) is 32.7 Å². The third kappa shape index (κ3) is 46.5. The second-order valence-electron chi connectivity index (χ2n) is 18.9. The minimum absolute atomic E-state index is 0.0372. The van der Waals surface area contributed by atoms with Crippen molar-refractivity contribution in [2.75, 3.05) is 47.5 Å². The molecule has 0 saturated carbocycles.